The minimum absolute atomic E-state index is 0.0238. The Morgan fingerprint density at radius 1 is 1.12 bits per heavy atom. The molecule has 1 aromatic rings. The Balaban J connectivity index is 1.52. The molecule has 2 amide bonds. The first-order valence-corrected chi connectivity index (χ1v) is 9.01. The second kappa shape index (κ2) is 7.38. The normalized spacial score (nSPS) is 22.9. The number of amides is 2. The highest BCUT2D eigenvalue weighted by molar-refractivity contribution is 5.92. The van der Waals surface area contributed by atoms with Gasteiger partial charge in [-0.3, -0.25) is 9.59 Å². The standard InChI is InChI=1S/C18H28N4O2/c1-14(2)22-8-4-5-15(13-22)17(23)20-9-11-21(12-10-20)18(24)16-6-3-7-19-16/h3,6-7,14-15,19H,4-5,8-13H2,1-2H3/t15-/m1/s1. The van der Waals surface area contributed by atoms with Crippen LogP contribution >= 0.6 is 0 Å². The molecule has 24 heavy (non-hydrogen) atoms. The van der Waals surface area contributed by atoms with E-state index in [9.17, 15) is 9.59 Å². The van der Waals surface area contributed by atoms with Crippen LogP contribution in [0, 0.1) is 5.92 Å². The lowest BCUT2D eigenvalue weighted by Gasteiger charge is -2.40. The Hall–Kier alpha value is -1.82. The van der Waals surface area contributed by atoms with Crippen molar-refractivity contribution in [3.8, 4) is 0 Å². The second-order valence-electron chi connectivity index (χ2n) is 7.13. The third kappa shape index (κ3) is 3.64. The molecule has 2 aliphatic rings. The number of nitrogens with zero attached hydrogens (tertiary/aromatic N) is 3. The summed E-state index contributed by atoms with van der Waals surface area (Å²) < 4.78 is 0. The molecule has 0 radical (unpaired) electrons. The van der Waals surface area contributed by atoms with Gasteiger partial charge in [-0.25, -0.2) is 0 Å². The number of likely N-dealkylation sites (tertiary alicyclic amines) is 1. The smallest absolute Gasteiger partial charge is 0.270 e. The van der Waals surface area contributed by atoms with Crippen LogP contribution in [-0.4, -0.2) is 76.8 Å². The van der Waals surface area contributed by atoms with Crippen LogP contribution < -0.4 is 0 Å². The molecule has 1 atom stereocenters. The number of aromatic amines is 1. The maximum absolute atomic E-state index is 12.8. The quantitative estimate of drug-likeness (QED) is 0.911. The number of piperidine rings is 1. The van der Waals surface area contributed by atoms with E-state index in [-0.39, 0.29) is 17.7 Å². The minimum atomic E-state index is 0.0238. The SMILES string of the molecule is CC(C)N1CCC[C@@H](C(=O)N2CCN(C(=O)c3ccc[nH]3)CC2)C1. The number of hydrogen-bond donors (Lipinski definition) is 1. The van der Waals surface area contributed by atoms with Gasteiger partial charge in [-0.05, 0) is 45.4 Å². The molecule has 6 heteroatoms. The number of carbonyl (C=O) groups is 2. The van der Waals surface area contributed by atoms with E-state index in [0.717, 1.165) is 25.9 Å². The van der Waals surface area contributed by atoms with Crippen molar-refractivity contribution in [2.24, 2.45) is 5.92 Å². The van der Waals surface area contributed by atoms with Gasteiger partial charge in [0, 0.05) is 45.0 Å². The highest BCUT2D eigenvalue weighted by atomic mass is 16.2. The highest BCUT2D eigenvalue weighted by Gasteiger charge is 2.32. The number of H-pyrrole nitrogens is 1. The molecule has 0 aromatic carbocycles. The van der Waals surface area contributed by atoms with Gasteiger partial charge in [0.1, 0.15) is 5.69 Å². The van der Waals surface area contributed by atoms with Crippen LogP contribution in [-0.2, 0) is 4.79 Å². The average molecular weight is 332 g/mol. The van der Waals surface area contributed by atoms with Gasteiger partial charge >= 0.3 is 0 Å². The fourth-order valence-electron chi connectivity index (χ4n) is 3.70. The molecule has 0 bridgehead atoms. The van der Waals surface area contributed by atoms with E-state index in [2.05, 4.69) is 23.7 Å². The molecule has 2 saturated heterocycles. The largest absolute Gasteiger partial charge is 0.357 e. The Bertz CT molecular complexity index is 562. The lowest BCUT2D eigenvalue weighted by molar-refractivity contribution is -0.139. The third-order valence-electron chi connectivity index (χ3n) is 5.24. The van der Waals surface area contributed by atoms with Gasteiger partial charge in [0.15, 0.2) is 0 Å². The topological polar surface area (TPSA) is 59.7 Å². The number of nitrogens with one attached hydrogen (secondary N) is 1. The van der Waals surface area contributed by atoms with Crippen molar-refractivity contribution in [1.29, 1.82) is 0 Å². The summed E-state index contributed by atoms with van der Waals surface area (Å²) in [6.07, 6.45) is 3.85. The summed E-state index contributed by atoms with van der Waals surface area (Å²) in [6, 6.07) is 4.12. The summed E-state index contributed by atoms with van der Waals surface area (Å²) in [7, 11) is 0. The minimum Gasteiger partial charge on any atom is -0.357 e. The summed E-state index contributed by atoms with van der Waals surface area (Å²) in [5.41, 5.74) is 0.620. The summed E-state index contributed by atoms with van der Waals surface area (Å²) in [4.78, 5) is 34.3. The zero-order valence-corrected chi connectivity index (χ0v) is 14.7. The fraction of sp³-hybridized carbons (Fsp3) is 0.667. The number of piperazine rings is 1. The van der Waals surface area contributed by atoms with Crippen molar-refractivity contribution in [3.05, 3.63) is 24.0 Å². The molecular weight excluding hydrogens is 304 g/mol. The van der Waals surface area contributed by atoms with Crippen LogP contribution in [0.25, 0.3) is 0 Å². The molecule has 0 unspecified atom stereocenters. The van der Waals surface area contributed by atoms with Gasteiger partial charge in [0.2, 0.25) is 5.91 Å². The number of carbonyl (C=O) groups excluding carboxylic acids is 2. The van der Waals surface area contributed by atoms with E-state index in [0.29, 0.717) is 37.9 Å². The molecule has 132 valence electrons. The van der Waals surface area contributed by atoms with Crippen molar-refractivity contribution in [2.75, 3.05) is 39.3 Å². The molecule has 2 fully saturated rings. The van der Waals surface area contributed by atoms with Gasteiger partial charge in [-0.15, -0.1) is 0 Å². The van der Waals surface area contributed by atoms with Crippen LogP contribution in [0.1, 0.15) is 37.2 Å². The summed E-state index contributed by atoms with van der Waals surface area (Å²) in [5.74, 6) is 0.412. The zero-order chi connectivity index (χ0) is 17.1. The molecule has 0 spiro atoms. The molecule has 6 nitrogen and oxygen atoms in total. The summed E-state index contributed by atoms with van der Waals surface area (Å²) in [5, 5.41) is 0. The molecule has 0 aliphatic carbocycles. The van der Waals surface area contributed by atoms with Crippen LogP contribution in [0.3, 0.4) is 0 Å². The Morgan fingerprint density at radius 2 is 1.83 bits per heavy atom. The van der Waals surface area contributed by atoms with Crippen molar-refractivity contribution in [2.45, 2.75) is 32.7 Å². The molecule has 2 aliphatic heterocycles. The molecule has 0 saturated carbocycles. The van der Waals surface area contributed by atoms with Crippen molar-refractivity contribution < 1.29 is 9.59 Å². The fourth-order valence-corrected chi connectivity index (χ4v) is 3.70. The van der Waals surface area contributed by atoms with Gasteiger partial charge < -0.3 is 19.7 Å². The summed E-state index contributed by atoms with van der Waals surface area (Å²) >= 11 is 0. The van der Waals surface area contributed by atoms with E-state index in [1.54, 1.807) is 12.3 Å². The number of rotatable bonds is 3. The monoisotopic (exact) mass is 332 g/mol. The van der Waals surface area contributed by atoms with E-state index in [4.69, 9.17) is 0 Å². The van der Waals surface area contributed by atoms with Crippen molar-refractivity contribution in [3.63, 3.8) is 0 Å². The van der Waals surface area contributed by atoms with Gasteiger partial charge in [0.25, 0.3) is 5.91 Å². The van der Waals surface area contributed by atoms with Crippen LogP contribution in [0.2, 0.25) is 0 Å². The number of aromatic nitrogens is 1. The van der Waals surface area contributed by atoms with Crippen LogP contribution in [0.15, 0.2) is 18.3 Å². The Labute approximate surface area is 143 Å². The Morgan fingerprint density at radius 3 is 2.46 bits per heavy atom. The van der Waals surface area contributed by atoms with Crippen molar-refractivity contribution in [1.82, 2.24) is 19.7 Å². The first-order valence-electron chi connectivity index (χ1n) is 9.01. The highest BCUT2D eigenvalue weighted by Crippen LogP contribution is 2.21. The molecule has 3 rings (SSSR count). The molecular formula is C18H28N4O2. The predicted octanol–water partition coefficient (Wildman–Crippen LogP) is 1.42. The van der Waals surface area contributed by atoms with E-state index >= 15 is 0 Å². The lowest BCUT2D eigenvalue weighted by Crippen LogP contribution is -2.54. The van der Waals surface area contributed by atoms with Gasteiger partial charge in [-0.2, -0.15) is 0 Å². The molecule has 3 heterocycles. The Kier molecular flexibility index (Phi) is 5.23. The van der Waals surface area contributed by atoms with Crippen molar-refractivity contribution >= 4 is 11.8 Å². The predicted molar refractivity (Wildman–Crippen MR) is 92.7 cm³/mol. The average Bonchev–Trinajstić information content (AvgIpc) is 3.15. The van der Waals surface area contributed by atoms with Crippen LogP contribution in [0.4, 0.5) is 0 Å². The van der Waals surface area contributed by atoms with E-state index < -0.39 is 0 Å². The maximum Gasteiger partial charge on any atom is 0.270 e. The van der Waals surface area contributed by atoms with Gasteiger partial charge in [0.05, 0.1) is 5.92 Å². The lowest BCUT2D eigenvalue weighted by atomic mass is 9.95. The third-order valence-corrected chi connectivity index (χ3v) is 5.24. The first-order chi connectivity index (χ1) is 11.6. The second-order valence-corrected chi connectivity index (χ2v) is 7.13. The first kappa shape index (κ1) is 17.0. The zero-order valence-electron chi connectivity index (χ0n) is 14.7. The summed E-state index contributed by atoms with van der Waals surface area (Å²) in [6.45, 7) is 8.87. The van der Waals surface area contributed by atoms with E-state index in [1.165, 1.54) is 0 Å². The number of hydrogen-bond acceptors (Lipinski definition) is 3. The maximum atomic E-state index is 12.8. The van der Waals surface area contributed by atoms with Gasteiger partial charge in [-0.1, -0.05) is 0 Å². The molecule has 1 N–H and O–H groups in total. The van der Waals surface area contributed by atoms with E-state index in [1.807, 2.05) is 15.9 Å². The molecule has 1 aromatic heterocycles. The van der Waals surface area contributed by atoms with Crippen LogP contribution in [0.5, 0.6) is 0 Å².